The lowest BCUT2D eigenvalue weighted by Crippen LogP contribution is -2.50. The molecule has 1 amide bonds. The fraction of sp³-hybridized carbons (Fsp3) is 0.882. The summed E-state index contributed by atoms with van der Waals surface area (Å²) in [6.07, 6.45) is 4.06. The van der Waals surface area contributed by atoms with Crippen molar-refractivity contribution < 1.29 is 14.3 Å². The summed E-state index contributed by atoms with van der Waals surface area (Å²) in [5, 5.41) is 0. The van der Waals surface area contributed by atoms with Crippen LogP contribution in [0, 0.1) is 5.41 Å². The van der Waals surface area contributed by atoms with Crippen molar-refractivity contribution in [3.05, 3.63) is 0 Å². The van der Waals surface area contributed by atoms with Crippen molar-refractivity contribution in [2.24, 2.45) is 5.41 Å². The fourth-order valence-electron chi connectivity index (χ4n) is 3.38. The van der Waals surface area contributed by atoms with Crippen molar-refractivity contribution in [2.75, 3.05) is 53.9 Å². The molecule has 0 aliphatic carbocycles. The van der Waals surface area contributed by atoms with Crippen molar-refractivity contribution in [2.45, 2.75) is 38.6 Å². The van der Waals surface area contributed by atoms with Crippen LogP contribution in [0.2, 0.25) is 0 Å². The molecule has 6 nitrogen and oxygen atoms in total. The van der Waals surface area contributed by atoms with Gasteiger partial charge in [0.1, 0.15) is 0 Å². The van der Waals surface area contributed by atoms with Crippen molar-refractivity contribution in [3.8, 4) is 0 Å². The minimum absolute atomic E-state index is 0.153. The Balaban J connectivity index is 1.79. The molecule has 0 aromatic heterocycles. The Hall–Kier alpha value is -1.14. The van der Waals surface area contributed by atoms with Crippen LogP contribution >= 0.6 is 0 Å². The molecule has 2 aliphatic rings. The average molecular weight is 325 g/mol. The fourth-order valence-corrected chi connectivity index (χ4v) is 3.38. The lowest BCUT2D eigenvalue weighted by atomic mass is 9.79. The molecule has 2 rings (SSSR count). The van der Waals surface area contributed by atoms with Crippen molar-refractivity contribution >= 4 is 11.9 Å². The number of amides is 1. The van der Waals surface area contributed by atoms with Crippen LogP contribution in [0.15, 0.2) is 0 Å². The lowest BCUT2D eigenvalue weighted by Gasteiger charge is -2.43. The quantitative estimate of drug-likeness (QED) is 0.716. The molecule has 2 fully saturated rings. The lowest BCUT2D eigenvalue weighted by molar-refractivity contribution is -0.162. The van der Waals surface area contributed by atoms with Crippen LogP contribution in [0.4, 0.5) is 0 Å². The highest BCUT2D eigenvalue weighted by Crippen LogP contribution is 2.34. The van der Waals surface area contributed by atoms with E-state index in [1.54, 1.807) is 14.1 Å². The molecule has 0 spiro atoms. The Morgan fingerprint density at radius 1 is 1.13 bits per heavy atom. The molecular formula is C17H31N3O3. The van der Waals surface area contributed by atoms with Gasteiger partial charge in [0, 0.05) is 20.1 Å². The molecule has 0 saturated carbocycles. The molecule has 0 bridgehead atoms. The molecule has 0 aromatic carbocycles. The van der Waals surface area contributed by atoms with Gasteiger partial charge in [-0.25, -0.2) is 0 Å². The predicted molar refractivity (Wildman–Crippen MR) is 89.1 cm³/mol. The van der Waals surface area contributed by atoms with E-state index in [9.17, 15) is 9.59 Å². The van der Waals surface area contributed by atoms with Crippen LogP contribution in [-0.4, -0.2) is 86.5 Å². The Morgan fingerprint density at radius 3 is 2.22 bits per heavy atom. The molecule has 0 unspecified atom stereocenters. The van der Waals surface area contributed by atoms with E-state index in [-0.39, 0.29) is 18.5 Å². The van der Waals surface area contributed by atoms with Gasteiger partial charge in [0.2, 0.25) is 0 Å². The van der Waals surface area contributed by atoms with Gasteiger partial charge >= 0.3 is 5.97 Å². The Bertz CT molecular complexity index is 423. The number of nitrogens with zero attached hydrogens (tertiary/aromatic N) is 3. The average Bonchev–Trinajstić information content (AvgIpc) is 2.53. The number of rotatable bonds is 4. The maximum Gasteiger partial charge on any atom is 0.312 e. The first-order valence-electron chi connectivity index (χ1n) is 8.62. The van der Waals surface area contributed by atoms with Crippen LogP contribution in [0.1, 0.15) is 32.6 Å². The third kappa shape index (κ3) is 4.67. The van der Waals surface area contributed by atoms with E-state index < -0.39 is 5.41 Å². The number of hydrogen-bond donors (Lipinski definition) is 0. The van der Waals surface area contributed by atoms with Crippen LogP contribution in [0.25, 0.3) is 0 Å². The second-order valence-electron chi connectivity index (χ2n) is 7.50. The van der Waals surface area contributed by atoms with E-state index in [4.69, 9.17) is 4.74 Å². The molecule has 6 heteroatoms. The highest BCUT2D eigenvalue weighted by Gasteiger charge is 2.40. The van der Waals surface area contributed by atoms with Crippen molar-refractivity contribution in [3.63, 3.8) is 0 Å². The molecule has 2 heterocycles. The zero-order valence-electron chi connectivity index (χ0n) is 15.0. The number of hydrogen-bond acceptors (Lipinski definition) is 5. The number of carbonyl (C=O) groups is 2. The molecule has 23 heavy (non-hydrogen) atoms. The van der Waals surface area contributed by atoms with E-state index in [1.807, 2.05) is 6.92 Å². The van der Waals surface area contributed by atoms with E-state index >= 15 is 0 Å². The minimum atomic E-state index is -0.450. The maximum atomic E-state index is 12.4. The summed E-state index contributed by atoms with van der Waals surface area (Å²) in [5.74, 6) is -0.401. The Kier molecular flexibility index (Phi) is 6.03. The van der Waals surface area contributed by atoms with Gasteiger partial charge in [-0.2, -0.15) is 0 Å². The molecule has 0 atom stereocenters. The van der Waals surface area contributed by atoms with Gasteiger partial charge in [0.05, 0.1) is 5.41 Å². The maximum absolute atomic E-state index is 12.4. The molecule has 0 aromatic rings. The molecule has 2 aliphatic heterocycles. The summed E-state index contributed by atoms with van der Waals surface area (Å²) in [5.41, 5.74) is -0.450. The van der Waals surface area contributed by atoms with Gasteiger partial charge < -0.3 is 19.4 Å². The molecule has 0 radical (unpaired) electrons. The second-order valence-corrected chi connectivity index (χ2v) is 7.50. The van der Waals surface area contributed by atoms with Gasteiger partial charge in [-0.05, 0) is 65.8 Å². The third-order valence-electron chi connectivity index (χ3n) is 5.42. The standard InChI is InChI=1S/C17H31N3O3/c1-17(16(22)23-13-15(21)18(2)3)7-11-20(12-8-17)14-5-9-19(4)10-6-14/h14H,5-13H2,1-4H3. The zero-order chi connectivity index (χ0) is 17.0. The van der Waals surface area contributed by atoms with Gasteiger partial charge in [-0.15, -0.1) is 0 Å². The van der Waals surface area contributed by atoms with Gasteiger partial charge in [0.15, 0.2) is 6.61 Å². The van der Waals surface area contributed by atoms with Gasteiger partial charge in [0.25, 0.3) is 5.91 Å². The number of likely N-dealkylation sites (N-methyl/N-ethyl adjacent to an activating group) is 1. The Labute approximate surface area is 139 Å². The first-order valence-corrected chi connectivity index (χ1v) is 8.62. The first kappa shape index (κ1) is 18.2. The summed E-state index contributed by atoms with van der Waals surface area (Å²) in [6, 6.07) is 0.655. The van der Waals surface area contributed by atoms with Gasteiger partial charge in [-0.3, -0.25) is 9.59 Å². The monoisotopic (exact) mass is 325 g/mol. The van der Waals surface area contributed by atoms with E-state index in [0.29, 0.717) is 6.04 Å². The normalized spacial score (nSPS) is 23.5. The van der Waals surface area contributed by atoms with Crippen LogP contribution in [0.3, 0.4) is 0 Å². The number of ether oxygens (including phenoxy) is 1. The highest BCUT2D eigenvalue weighted by atomic mass is 16.5. The summed E-state index contributed by atoms with van der Waals surface area (Å²) in [7, 11) is 5.50. The van der Waals surface area contributed by atoms with E-state index in [0.717, 1.165) is 39.0 Å². The van der Waals surface area contributed by atoms with Crippen molar-refractivity contribution in [1.29, 1.82) is 0 Å². The number of likely N-dealkylation sites (tertiary alicyclic amines) is 2. The summed E-state index contributed by atoms with van der Waals surface area (Å²) >= 11 is 0. The zero-order valence-corrected chi connectivity index (χ0v) is 15.0. The van der Waals surface area contributed by atoms with Crippen LogP contribution < -0.4 is 0 Å². The number of piperidine rings is 2. The smallest absolute Gasteiger partial charge is 0.312 e. The highest BCUT2D eigenvalue weighted by molar-refractivity contribution is 5.82. The summed E-state index contributed by atoms with van der Waals surface area (Å²) in [6.45, 7) is 6.03. The second kappa shape index (κ2) is 7.62. The molecular weight excluding hydrogens is 294 g/mol. The largest absolute Gasteiger partial charge is 0.455 e. The number of carbonyl (C=O) groups excluding carboxylic acids is 2. The van der Waals surface area contributed by atoms with E-state index in [2.05, 4.69) is 16.8 Å². The SMILES string of the molecule is CN1CCC(N2CCC(C)(C(=O)OCC(=O)N(C)C)CC2)CC1. The third-order valence-corrected chi connectivity index (χ3v) is 5.42. The van der Waals surface area contributed by atoms with Crippen LogP contribution in [0.5, 0.6) is 0 Å². The predicted octanol–water partition coefficient (Wildman–Crippen LogP) is 0.814. The van der Waals surface area contributed by atoms with E-state index in [1.165, 1.54) is 17.7 Å². The summed E-state index contributed by atoms with van der Waals surface area (Å²) < 4.78 is 5.25. The first-order chi connectivity index (χ1) is 10.8. The topological polar surface area (TPSA) is 53.1 Å². The molecule has 132 valence electrons. The minimum Gasteiger partial charge on any atom is -0.455 e. The van der Waals surface area contributed by atoms with Crippen molar-refractivity contribution in [1.82, 2.24) is 14.7 Å². The Morgan fingerprint density at radius 2 is 1.70 bits per heavy atom. The van der Waals surface area contributed by atoms with Crippen LogP contribution in [-0.2, 0) is 14.3 Å². The number of esters is 1. The summed E-state index contributed by atoms with van der Waals surface area (Å²) in [4.78, 5) is 30.3. The molecule has 0 N–H and O–H groups in total. The molecule has 2 saturated heterocycles. The van der Waals surface area contributed by atoms with Gasteiger partial charge in [-0.1, -0.05) is 0 Å².